The van der Waals surface area contributed by atoms with Crippen LogP contribution in [0.5, 0.6) is 0 Å². The Bertz CT molecular complexity index is 172. The minimum Gasteiger partial charge on any atom is -0.434 e. The molecule has 0 atom stereocenters. The van der Waals surface area contributed by atoms with Gasteiger partial charge in [-0.15, -0.1) is 0 Å². The second-order valence-corrected chi connectivity index (χ2v) is 5.31. The van der Waals surface area contributed by atoms with Gasteiger partial charge in [-0.1, -0.05) is 20.8 Å². The van der Waals surface area contributed by atoms with Crippen molar-refractivity contribution in [3.63, 3.8) is 0 Å². The van der Waals surface area contributed by atoms with Crippen LogP contribution in [0, 0.1) is 5.41 Å². The van der Waals surface area contributed by atoms with Crippen molar-refractivity contribution in [3.8, 4) is 0 Å². The molecule has 0 aromatic carbocycles. The van der Waals surface area contributed by atoms with Gasteiger partial charge in [-0.3, -0.25) is 0 Å². The third-order valence-electron chi connectivity index (χ3n) is 1.01. The molecule has 3 nitrogen and oxygen atoms in total. The van der Waals surface area contributed by atoms with Gasteiger partial charge in [0.05, 0.1) is 6.61 Å². The fourth-order valence-electron chi connectivity index (χ4n) is 0.555. The van der Waals surface area contributed by atoms with Crippen LogP contribution in [-0.4, -0.2) is 18.4 Å². The molecule has 0 N–H and O–H groups in total. The average molecular weight is 188 g/mol. The summed E-state index contributed by atoms with van der Waals surface area (Å²) in [5.74, 6) is 0. The van der Waals surface area contributed by atoms with Gasteiger partial charge in [0.1, 0.15) is 5.60 Å². The topological polar surface area (TPSA) is 35.5 Å². The monoisotopic (exact) mass is 188 g/mol. The predicted molar refractivity (Wildman–Crippen MR) is 51.6 cm³/mol. The molecule has 3 heteroatoms. The highest BCUT2D eigenvalue weighted by atomic mass is 16.7. The molecule has 0 aromatic rings. The number of hydrogen-bond acceptors (Lipinski definition) is 3. The first kappa shape index (κ1) is 12.3. The summed E-state index contributed by atoms with van der Waals surface area (Å²) in [5.41, 5.74) is -0.494. The number of rotatable bonds is 1. The highest BCUT2D eigenvalue weighted by Crippen LogP contribution is 2.15. The Hall–Kier alpha value is -0.730. The van der Waals surface area contributed by atoms with E-state index in [4.69, 9.17) is 9.47 Å². The zero-order valence-electron chi connectivity index (χ0n) is 9.43. The largest absolute Gasteiger partial charge is 0.508 e. The highest BCUT2D eigenvalue weighted by molar-refractivity contribution is 5.60. The van der Waals surface area contributed by atoms with Crippen molar-refractivity contribution in [2.75, 3.05) is 6.61 Å². The summed E-state index contributed by atoms with van der Waals surface area (Å²) in [6.07, 6.45) is -0.595. The molecule has 0 unspecified atom stereocenters. The van der Waals surface area contributed by atoms with E-state index in [1.807, 2.05) is 41.5 Å². The van der Waals surface area contributed by atoms with E-state index in [0.29, 0.717) is 6.61 Å². The van der Waals surface area contributed by atoms with Crippen molar-refractivity contribution in [3.05, 3.63) is 0 Å². The number of carbonyl (C=O) groups is 1. The minimum atomic E-state index is -0.595. The summed E-state index contributed by atoms with van der Waals surface area (Å²) in [4.78, 5) is 11.1. The summed E-state index contributed by atoms with van der Waals surface area (Å²) >= 11 is 0. The SMILES string of the molecule is CC(C)(C)COC(=O)OC(C)(C)C. The fourth-order valence-corrected chi connectivity index (χ4v) is 0.555. The van der Waals surface area contributed by atoms with E-state index in [1.165, 1.54) is 0 Å². The van der Waals surface area contributed by atoms with E-state index in [2.05, 4.69) is 0 Å². The van der Waals surface area contributed by atoms with Crippen LogP contribution < -0.4 is 0 Å². The third-order valence-corrected chi connectivity index (χ3v) is 1.01. The Balaban J connectivity index is 3.78. The standard InChI is InChI=1S/C10H20O3/c1-9(2,3)7-12-8(11)13-10(4,5)6/h7H2,1-6H3. The smallest absolute Gasteiger partial charge is 0.434 e. The number of ether oxygens (including phenoxy) is 2. The molecule has 0 heterocycles. The van der Waals surface area contributed by atoms with E-state index in [1.54, 1.807) is 0 Å². The van der Waals surface area contributed by atoms with Gasteiger partial charge in [-0.25, -0.2) is 4.79 Å². The fraction of sp³-hybridized carbons (Fsp3) is 0.900. The maximum Gasteiger partial charge on any atom is 0.508 e. The predicted octanol–water partition coefficient (Wildman–Crippen LogP) is 2.98. The quantitative estimate of drug-likeness (QED) is 0.593. The molecule has 78 valence electrons. The number of hydrogen-bond donors (Lipinski definition) is 0. The Kier molecular flexibility index (Phi) is 3.76. The van der Waals surface area contributed by atoms with Crippen molar-refractivity contribution in [2.45, 2.75) is 47.1 Å². The molecule has 0 spiro atoms. The lowest BCUT2D eigenvalue weighted by Crippen LogP contribution is -2.27. The molecule has 0 amide bonds. The second-order valence-electron chi connectivity index (χ2n) is 5.31. The zero-order valence-corrected chi connectivity index (χ0v) is 9.43. The van der Waals surface area contributed by atoms with Crippen LogP contribution in [0.3, 0.4) is 0 Å². The van der Waals surface area contributed by atoms with Gasteiger partial charge in [0.25, 0.3) is 0 Å². The lowest BCUT2D eigenvalue weighted by molar-refractivity contribution is -0.0192. The average Bonchev–Trinajstić information content (AvgIpc) is 1.78. The van der Waals surface area contributed by atoms with Gasteiger partial charge in [-0.05, 0) is 26.2 Å². The van der Waals surface area contributed by atoms with Gasteiger partial charge in [0.15, 0.2) is 0 Å². The zero-order chi connectivity index (χ0) is 10.7. The summed E-state index contributed by atoms with van der Waals surface area (Å²) in [5, 5.41) is 0. The summed E-state index contributed by atoms with van der Waals surface area (Å²) in [7, 11) is 0. The second kappa shape index (κ2) is 3.99. The minimum absolute atomic E-state index is 0.0170. The van der Waals surface area contributed by atoms with Crippen molar-refractivity contribution >= 4 is 6.16 Å². The number of carbonyl (C=O) groups excluding carboxylic acids is 1. The first-order valence-corrected chi connectivity index (χ1v) is 4.46. The summed E-state index contributed by atoms with van der Waals surface area (Å²) in [6.45, 7) is 11.8. The Morgan fingerprint density at radius 3 is 1.85 bits per heavy atom. The van der Waals surface area contributed by atoms with Crippen LogP contribution in [0.2, 0.25) is 0 Å². The molecule has 0 saturated carbocycles. The molecule has 0 bridgehead atoms. The molecule has 0 aliphatic carbocycles. The maximum absolute atomic E-state index is 11.1. The van der Waals surface area contributed by atoms with Crippen molar-refractivity contribution in [1.29, 1.82) is 0 Å². The molecule has 0 fully saturated rings. The van der Waals surface area contributed by atoms with Crippen LogP contribution in [-0.2, 0) is 9.47 Å². The van der Waals surface area contributed by atoms with Crippen molar-refractivity contribution in [2.24, 2.45) is 5.41 Å². The van der Waals surface area contributed by atoms with E-state index >= 15 is 0 Å². The van der Waals surface area contributed by atoms with Gasteiger partial charge in [0, 0.05) is 0 Å². The Morgan fingerprint density at radius 2 is 1.54 bits per heavy atom. The van der Waals surface area contributed by atoms with Crippen LogP contribution in [0.1, 0.15) is 41.5 Å². The van der Waals surface area contributed by atoms with Crippen LogP contribution in [0.4, 0.5) is 4.79 Å². The lowest BCUT2D eigenvalue weighted by Gasteiger charge is -2.22. The van der Waals surface area contributed by atoms with E-state index < -0.39 is 11.8 Å². The van der Waals surface area contributed by atoms with Crippen LogP contribution in [0.25, 0.3) is 0 Å². The van der Waals surface area contributed by atoms with Gasteiger partial charge in [-0.2, -0.15) is 0 Å². The Labute approximate surface area is 80.4 Å². The van der Waals surface area contributed by atoms with E-state index in [0.717, 1.165) is 0 Å². The molecular weight excluding hydrogens is 168 g/mol. The molecule has 0 saturated heterocycles. The molecular formula is C10H20O3. The summed E-state index contributed by atoms with van der Waals surface area (Å²) < 4.78 is 9.89. The molecule has 0 aromatic heterocycles. The van der Waals surface area contributed by atoms with Crippen LogP contribution in [0.15, 0.2) is 0 Å². The molecule has 0 aliphatic rings. The third kappa shape index (κ3) is 9.18. The van der Waals surface area contributed by atoms with Gasteiger partial charge in [0.2, 0.25) is 0 Å². The van der Waals surface area contributed by atoms with E-state index in [9.17, 15) is 4.79 Å². The Morgan fingerprint density at radius 1 is 1.08 bits per heavy atom. The normalized spacial score (nSPS) is 12.5. The lowest BCUT2D eigenvalue weighted by atomic mass is 9.99. The van der Waals surface area contributed by atoms with Crippen LogP contribution >= 0.6 is 0 Å². The summed E-state index contributed by atoms with van der Waals surface area (Å²) in [6, 6.07) is 0. The van der Waals surface area contributed by atoms with Gasteiger partial charge >= 0.3 is 6.16 Å². The van der Waals surface area contributed by atoms with Crippen molar-refractivity contribution < 1.29 is 14.3 Å². The molecule has 0 rings (SSSR count). The maximum atomic E-state index is 11.1. The molecule has 0 radical (unpaired) electrons. The van der Waals surface area contributed by atoms with E-state index in [-0.39, 0.29) is 5.41 Å². The first-order chi connectivity index (χ1) is 5.60. The molecule has 13 heavy (non-hydrogen) atoms. The van der Waals surface area contributed by atoms with Crippen molar-refractivity contribution in [1.82, 2.24) is 0 Å². The van der Waals surface area contributed by atoms with Gasteiger partial charge < -0.3 is 9.47 Å². The molecule has 0 aliphatic heterocycles. The first-order valence-electron chi connectivity index (χ1n) is 4.46. The highest BCUT2D eigenvalue weighted by Gasteiger charge is 2.19.